The van der Waals surface area contributed by atoms with Crippen LogP contribution in [0.4, 0.5) is 61.8 Å². The molecule has 0 unspecified atom stereocenters. The van der Waals surface area contributed by atoms with Crippen molar-refractivity contribution in [3.8, 4) is 22.8 Å². The zero-order valence-corrected chi connectivity index (χ0v) is 41.7. The van der Waals surface area contributed by atoms with Crippen molar-refractivity contribution in [2.75, 3.05) is 136 Å². The lowest BCUT2D eigenvalue weighted by atomic mass is 10.2. The van der Waals surface area contributed by atoms with Crippen molar-refractivity contribution >= 4 is 69.6 Å². The van der Waals surface area contributed by atoms with Crippen LogP contribution in [0.15, 0.2) is 24.8 Å². The number of anilines is 6. The number of aliphatic hydroxyl groups is 2. The molecule has 10 heterocycles. The number of carbonyl (C=O) groups excluding carboxylic acids is 1. The molecule has 0 saturated carbocycles. The molecule has 1 amide bonds. The van der Waals surface area contributed by atoms with Gasteiger partial charge in [0.1, 0.15) is 25.3 Å². The lowest BCUT2D eigenvalue weighted by molar-refractivity contribution is -0.145. The summed E-state index contributed by atoms with van der Waals surface area (Å²) in [7, 11) is 0. The van der Waals surface area contributed by atoms with E-state index < -0.39 is 49.5 Å². The van der Waals surface area contributed by atoms with E-state index in [0.29, 0.717) is 107 Å². The smallest absolute Gasteiger partial charge is 0.406 e. The summed E-state index contributed by atoms with van der Waals surface area (Å²) in [4.78, 5) is 74.0. The molecule has 4 saturated heterocycles. The molecule has 10 rings (SSSR count). The fraction of sp³-hybridized carbons (Fsp3) is 0.545. The van der Waals surface area contributed by atoms with Gasteiger partial charge in [0, 0.05) is 103 Å². The number of carboxylic acids is 1. The molecule has 8 N–H and O–H groups in total. The van der Waals surface area contributed by atoms with Crippen LogP contribution in [0.3, 0.4) is 0 Å². The number of aliphatic carboxylic acids is 1. The zero-order chi connectivity index (χ0) is 55.2. The molecule has 77 heavy (non-hydrogen) atoms. The van der Waals surface area contributed by atoms with Crippen molar-refractivity contribution in [1.82, 2.24) is 69.2 Å². The fourth-order valence-corrected chi connectivity index (χ4v) is 8.49. The summed E-state index contributed by atoms with van der Waals surface area (Å²) in [5, 5.41) is 28.6. The number of imidazole rings is 2. The van der Waals surface area contributed by atoms with E-state index in [1.807, 2.05) is 14.7 Å². The number of amides is 1. The first-order valence-corrected chi connectivity index (χ1v) is 24.2. The Kier molecular flexibility index (Phi) is 17.1. The summed E-state index contributed by atoms with van der Waals surface area (Å²) in [6.07, 6.45) is -5.66. The average molecular weight is 1090 g/mol. The summed E-state index contributed by atoms with van der Waals surface area (Å²) in [6.45, 7) is 7.26. The number of nitrogen functional groups attached to an aromatic ring is 2. The van der Waals surface area contributed by atoms with Crippen molar-refractivity contribution in [2.24, 2.45) is 0 Å². The molecule has 0 radical (unpaired) electrons. The number of morpholine rings is 2. The zero-order valence-electron chi connectivity index (χ0n) is 41.7. The number of aromatic nitrogens is 12. The van der Waals surface area contributed by atoms with Crippen LogP contribution in [0, 0.1) is 0 Å². The van der Waals surface area contributed by atoms with Crippen LogP contribution in [-0.4, -0.2) is 221 Å². The van der Waals surface area contributed by atoms with E-state index in [1.165, 1.54) is 43.5 Å². The van der Waals surface area contributed by atoms with E-state index >= 15 is 0 Å². The molecule has 416 valence electrons. The highest BCUT2D eigenvalue weighted by atomic mass is 19.4. The Labute approximate surface area is 433 Å². The van der Waals surface area contributed by atoms with Crippen molar-refractivity contribution in [3.63, 3.8) is 0 Å². The average Bonchev–Trinajstić information content (AvgIpc) is 4.06. The lowest BCUT2D eigenvalue weighted by Gasteiger charge is -2.36. The normalized spacial score (nSPS) is 17.4. The van der Waals surface area contributed by atoms with Crippen LogP contribution in [0.2, 0.25) is 0 Å². The predicted octanol–water partition coefficient (Wildman–Crippen LogP) is 0.420. The maximum Gasteiger partial charge on any atom is 0.406 e. The molecule has 4 aliphatic rings. The molecule has 0 aromatic carbocycles. The van der Waals surface area contributed by atoms with E-state index in [9.17, 15) is 41.0 Å². The van der Waals surface area contributed by atoms with Crippen LogP contribution in [0.1, 0.15) is 13.8 Å². The van der Waals surface area contributed by atoms with Gasteiger partial charge in [0.2, 0.25) is 23.8 Å². The Morgan fingerprint density at radius 3 is 1.31 bits per heavy atom. The molecule has 6 aromatic rings. The third-order valence-corrected chi connectivity index (χ3v) is 12.3. The van der Waals surface area contributed by atoms with Crippen molar-refractivity contribution in [1.29, 1.82) is 0 Å². The first-order chi connectivity index (χ1) is 36.6. The molecule has 4 aliphatic heterocycles. The number of fused-ring (bicyclic) bond motifs is 2. The third-order valence-electron chi connectivity index (χ3n) is 12.3. The summed E-state index contributed by atoms with van der Waals surface area (Å²) in [5.74, 6) is 0.0221. The molecule has 0 bridgehead atoms. The number of aliphatic hydroxyl groups excluding tert-OH is 2. The van der Waals surface area contributed by atoms with Gasteiger partial charge in [-0.3, -0.25) is 13.9 Å². The van der Waals surface area contributed by atoms with Gasteiger partial charge in [0.15, 0.2) is 45.6 Å². The number of rotatable bonds is 10. The summed E-state index contributed by atoms with van der Waals surface area (Å²) in [5.41, 5.74) is 12.7. The van der Waals surface area contributed by atoms with E-state index in [1.54, 1.807) is 4.90 Å². The first-order valence-electron chi connectivity index (χ1n) is 24.2. The van der Waals surface area contributed by atoms with Gasteiger partial charge in [-0.1, -0.05) is 0 Å². The molecule has 6 aromatic heterocycles. The first kappa shape index (κ1) is 55.6. The van der Waals surface area contributed by atoms with Gasteiger partial charge in [-0.15, -0.1) is 0 Å². The number of carboxylic acid groups (broad SMARTS) is 1. The highest BCUT2D eigenvalue weighted by Crippen LogP contribution is 2.36. The van der Waals surface area contributed by atoms with Gasteiger partial charge >= 0.3 is 18.3 Å². The van der Waals surface area contributed by atoms with E-state index in [4.69, 9.17) is 31.2 Å². The van der Waals surface area contributed by atoms with Gasteiger partial charge < -0.3 is 66.1 Å². The fourth-order valence-electron chi connectivity index (χ4n) is 8.49. The Bertz CT molecular complexity index is 2970. The number of alkyl halides is 6. The van der Waals surface area contributed by atoms with Crippen LogP contribution in [-0.2, 0) is 32.2 Å². The largest absolute Gasteiger partial charge is 0.479 e. The quantitative estimate of drug-likeness (QED) is 0.101. The van der Waals surface area contributed by atoms with E-state index in [2.05, 4.69) is 55.2 Å². The number of piperazine rings is 2. The highest BCUT2D eigenvalue weighted by Gasteiger charge is 2.37. The number of hydrogen-bond acceptors (Lipinski definition) is 23. The molecule has 0 aliphatic carbocycles. The van der Waals surface area contributed by atoms with Crippen molar-refractivity contribution in [2.45, 2.75) is 51.5 Å². The Morgan fingerprint density at radius 2 is 0.961 bits per heavy atom. The Morgan fingerprint density at radius 1 is 0.584 bits per heavy atom. The number of ether oxygens (including phenoxy) is 2. The number of nitrogens with zero attached hydrogens (tertiary/aromatic N) is 17. The number of nitrogens with two attached hydrogens (primary N) is 2. The minimum Gasteiger partial charge on any atom is -0.479 e. The second kappa shape index (κ2) is 23.7. The third kappa shape index (κ3) is 13.7. The van der Waals surface area contributed by atoms with Crippen molar-refractivity contribution in [3.05, 3.63) is 24.8 Å². The topological polar surface area (TPSA) is 332 Å². The molecular formula is C44H56F6N20O7. The van der Waals surface area contributed by atoms with E-state index in [-0.39, 0.29) is 78.4 Å². The van der Waals surface area contributed by atoms with Crippen LogP contribution < -0.4 is 36.4 Å². The SMILES string of the molecule is C[C@H](O)C(=O)N1CCN(c2nc3c(N4CCOCC4)nc(-c4cnc(N)nc4)nc3n2CC(F)(F)F)CC1.C[C@H](O)C(=O)O.Nc1ncc(-c2nc(N3CCOCC3)c3nc(N4CCNCC4)n(CC(F)(F)F)c3n2)cn1. The Hall–Kier alpha value is -7.62. The summed E-state index contributed by atoms with van der Waals surface area (Å²) < 4.78 is 95.4. The molecule has 0 spiro atoms. The van der Waals surface area contributed by atoms with Crippen LogP contribution >= 0.6 is 0 Å². The van der Waals surface area contributed by atoms with Gasteiger partial charge in [-0.25, -0.2) is 54.6 Å². The number of hydrogen-bond donors (Lipinski definition) is 6. The molecule has 4 fully saturated rings. The molecule has 33 heteroatoms. The van der Waals surface area contributed by atoms with Crippen LogP contribution in [0.25, 0.3) is 45.1 Å². The number of halogens is 6. The van der Waals surface area contributed by atoms with Gasteiger partial charge in [-0.05, 0) is 13.8 Å². The molecule has 2 atom stereocenters. The highest BCUT2D eigenvalue weighted by molar-refractivity contribution is 5.89. The minimum atomic E-state index is -4.55. The number of nitrogens with one attached hydrogen (secondary N) is 1. The second-order valence-corrected chi connectivity index (χ2v) is 17.9. The minimum absolute atomic E-state index is 0.0168. The van der Waals surface area contributed by atoms with Gasteiger partial charge in [-0.2, -0.15) is 26.3 Å². The second-order valence-electron chi connectivity index (χ2n) is 17.9. The predicted molar refractivity (Wildman–Crippen MR) is 265 cm³/mol. The standard InChI is InChI=1S/C22H27F3N10O3.C19H23F3N10O.C3H6O3/c1-13(36)19(37)33-2-4-34(5-3-33)21-29-15-17(32-6-8-38-9-7-32)30-16(14-10-27-20(26)28-11-14)31-18(15)35(21)12-22(23,24)25;20-19(21,22)11-32-16-13(27-18(32)31-3-1-24-2-4-31)15(30-5-7-33-8-6-30)28-14(29-16)12-9-25-17(23)26-10-12;1-2(4)3(5)6/h10-11,13,36H,2-9,12H2,1H3,(H2,26,27,28);9-10,24H,1-8,11H2,(H2,23,25,26);2,4H,1H3,(H,5,6)/t13-;;2-/m0.0/s1. The maximum absolute atomic E-state index is 13.8. The van der Waals surface area contributed by atoms with Crippen LogP contribution in [0.5, 0.6) is 0 Å². The maximum atomic E-state index is 13.8. The lowest BCUT2D eigenvalue weighted by Crippen LogP contribution is -2.51. The summed E-state index contributed by atoms with van der Waals surface area (Å²) in [6, 6.07) is 0. The monoisotopic (exact) mass is 1090 g/mol. The van der Waals surface area contributed by atoms with E-state index in [0.717, 1.165) is 9.13 Å². The van der Waals surface area contributed by atoms with Crippen molar-refractivity contribution < 1.29 is 60.7 Å². The molecule has 27 nitrogen and oxygen atoms in total. The van der Waals surface area contributed by atoms with Gasteiger partial charge in [0.05, 0.1) is 37.6 Å². The van der Waals surface area contributed by atoms with Gasteiger partial charge in [0.25, 0.3) is 5.91 Å². The molecular weight excluding hydrogens is 1030 g/mol. The number of carbonyl (C=O) groups is 2. The summed E-state index contributed by atoms with van der Waals surface area (Å²) >= 11 is 0. The Balaban J connectivity index is 0.000000186.